The van der Waals surface area contributed by atoms with E-state index in [4.69, 9.17) is 4.84 Å². The Labute approximate surface area is 102 Å². The van der Waals surface area contributed by atoms with E-state index in [9.17, 15) is 9.59 Å². The van der Waals surface area contributed by atoms with Crippen LogP contribution in [-0.4, -0.2) is 48.0 Å². The van der Waals surface area contributed by atoms with Crippen LogP contribution < -0.4 is 0 Å². The molecule has 5 heteroatoms. The molecular weight excluding hydrogens is 220 g/mol. The summed E-state index contributed by atoms with van der Waals surface area (Å²) in [6.45, 7) is 6.72. The minimum Gasteiger partial charge on any atom is -0.342 e. The molecule has 0 spiro atoms. The molecule has 2 saturated heterocycles. The van der Waals surface area contributed by atoms with E-state index in [-0.39, 0.29) is 17.7 Å². The summed E-state index contributed by atoms with van der Waals surface area (Å²) in [7, 11) is 0. The van der Waals surface area contributed by atoms with Crippen LogP contribution >= 0.6 is 0 Å². The van der Waals surface area contributed by atoms with Crippen molar-refractivity contribution in [2.75, 3.05) is 26.2 Å². The van der Waals surface area contributed by atoms with Gasteiger partial charge in [0.25, 0.3) is 5.91 Å². The third-order valence-electron chi connectivity index (χ3n) is 3.15. The molecule has 0 saturated carbocycles. The van der Waals surface area contributed by atoms with Crippen LogP contribution in [-0.2, 0) is 14.4 Å². The highest BCUT2D eigenvalue weighted by Gasteiger charge is 2.37. The number of carbonyl (C=O) groups is 2. The molecule has 2 amide bonds. The molecule has 2 aliphatic heterocycles. The number of carbonyl (C=O) groups excluding carboxylic acids is 2. The van der Waals surface area contributed by atoms with Crippen LogP contribution in [0.4, 0.5) is 0 Å². The fraction of sp³-hybridized carbons (Fsp3) is 0.833. The van der Waals surface area contributed by atoms with Crippen molar-refractivity contribution in [3.63, 3.8) is 0 Å². The Kier molecular flexibility index (Phi) is 3.66. The van der Waals surface area contributed by atoms with E-state index < -0.39 is 0 Å². The Bertz CT molecular complexity index is 311. The lowest BCUT2D eigenvalue weighted by Gasteiger charge is -2.20. The van der Waals surface area contributed by atoms with Crippen molar-refractivity contribution >= 4 is 11.8 Å². The van der Waals surface area contributed by atoms with Crippen molar-refractivity contribution in [3.8, 4) is 0 Å². The lowest BCUT2D eigenvalue weighted by molar-refractivity contribution is -0.173. The molecule has 2 heterocycles. The number of rotatable bonds is 3. The van der Waals surface area contributed by atoms with Crippen LogP contribution in [0.15, 0.2) is 0 Å². The summed E-state index contributed by atoms with van der Waals surface area (Å²) >= 11 is 0. The molecule has 1 atom stereocenters. The van der Waals surface area contributed by atoms with E-state index in [0.29, 0.717) is 32.0 Å². The third-order valence-corrected chi connectivity index (χ3v) is 3.15. The smallest absolute Gasteiger partial charge is 0.251 e. The Morgan fingerprint density at radius 3 is 2.88 bits per heavy atom. The Hall–Kier alpha value is -1.10. The summed E-state index contributed by atoms with van der Waals surface area (Å²) in [5, 5.41) is 1.43. The van der Waals surface area contributed by atoms with Gasteiger partial charge in [0.2, 0.25) is 5.91 Å². The van der Waals surface area contributed by atoms with E-state index in [0.717, 1.165) is 13.0 Å². The van der Waals surface area contributed by atoms with E-state index in [2.05, 4.69) is 13.8 Å². The Balaban J connectivity index is 1.91. The lowest BCUT2D eigenvalue weighted by atomic mass is 10.1. The third kappa shape index (κ3) is 2.77. The quantitative estimate of drug-likeness (QED) is 0.728. The zero-order valence-electron chi connectivity index (χ0n) is 10.5. The van der Waals surface area contributed by atoms with Gasteiger partial charge >= 0.3 is 0 Å². The molecule has 0 bridgehead atoms. The summed E-state index contributed by atoms with van der Waals surface area (Å²) < 4.78 is 0. The van der Waals surface area contributed by atoms with Crippen molar-refractivity contribution in [1.29, 1.82) is 0 Å². The molecule has 0 radical (unpaired) electrons. The van der Waals surface area contributed by atoms with E-state index in [1.54, 1.807) is 4.90 Å². The first-order chi connectivity index (χ1) is 8.08. The predicted molar refractivity (Wildman–Crippen MR) is 61.8 cm³/mol. The minimum absolute atomic E-state index is 0.0258. The van der Waals surface area contributed by atoms with Gasteiger partial charge in [-0.1, -0.05) is 13.8 Å². The van der Waals surface area contributed by atoms with Crippen molar-refractivity contribution < 1.29 is 14.4 Å². The van der Waals surface area contributed by atoms with E-state index >= 15 is 0 Å². The molecule has 0 aromatic rings. The SMILES string of the molecule is CC(C)CN1CC(C(=O)N2CCCO2)CC1=O. The van der Waals surface area contributed by atoms with Crippen LogP contribution in [0.3, 0.4) is 0 Å². The van der Waals surface area contributed by atoms with Crippen molar-refractivity contribution in [1.82, 2.24) is 9.96 Å². The summed E-state index contributed by atoms with van der Waals surface area (Å²) in [5.74, 6) is 0.300. The van der Waals surface area contributed by atoms with Crippen LogP contribution in [0.2, 0.25) is 0 Å². The highest BCUT2D eigenvalue weighted by Crippen LogP contribution is 2.22. The molecule has 2 fully saturated rings. The number of likely N-dealkylation sites (tertiary alicyclic amines) is 1. The second-order valence-electron chi connectivity index (χ2n) is 5.22. The standard InChI is InChI=1S/C12H20N2O3/c1-9(2)7-13-8-10(6-11(13)15)12(16)14-4-3-5-17-14/h9-10H,3-8H2,1-2H3. The highest BCUT2D eigenvalue weighted by molar-refractivity contribution is 5.88. The molecule has 96 valence electrons. The minimum atomic E-state index is -0.209. The van der Waals surface area contributed by atoms with Gasteiger partial charge in [-0.3, -0.25) is 14.4 Å². The van der Waals surface area contributed by atoms with Crippen molar-refractivity contribution in [3.05, 3.63) is 0 Å². The molecular formula is C12H20N2O3. The first-order valence-corrected chi connectivity index (χ1v) is 6.30. The maximum absolute atomic E-state index is 12.0. The van der Waals surface area contributed by atoms with Gasteiger partial charge in [0.05, 0.1) is 19.1 Å². The van der Waals surface area contributed by atoms with Gasteiger partial charge in [0.15, 0.2) is 0 Å². The van der Waals surface area contributed by atoms with Crippen LogP contribution in [0, 0.1) is 11.8 Å². The van der Waals surface area contributed by atoms with Gasteiger partial charge in [-0.2, -0.15) is 0 Å². The average Bonchev–Trinajstić information content (AvgIpc) is 2.87. The molecule has 17 heavy (non-hydrogen) atoms. The zero-order valence-corrected chi connectivity index (χ0v) is 10.5. The largest absolute Gasteiger partial charge is 0.342 e. The summed E-state index contributed by atoms with van der Waals surface area (Å²) in [5.41, 5.74) is 0. The highest BCUT2D eigenvalue weighted by atomic mass is 16.7. The Morgan fingerprint density at radius 2 is 2.29 bits per heavy atom. The molecule has 0 aliphatic carbocycles. The average molecular weight is 240 g/mol. The van der Waals surface area contributed by atoms with E-state index in [1.165, 1.54) is 5.06 Å². The normalized spacial score (nSPS) is 25.1. The maximum Gasteiger partial charge on any atom is 0.251 e. The molecule has 1 unspecified atom stereocenters. The number of nitrogens with zero attached hydrogens (tertiary/aromatic N) is 2. The second-order valence-corrected chi connectivity index (χ2v) is 5.22. The number of hydrogen-bond acceptors (Lipinski definition) is 3. The van der Waals surface area contributed by atoms with Gasteiger partial charge in [-0.15, -0.1) is 0 Å². The van der Waals surface area contributed by atoms with Crippen LogP contribution in [0.1, 0.15) is 26.7 Å². The number of amides is 2. The first-order valence-electron chi connectivity index (χ1n) is 6.30. The van der Waals surface area contributed by atoms with Gasteiger partial charge in [-0.05, 0) is 12.3 Å². The van der Waals surface area contributed by atoms with Crippen molar-refractivity contribution in [2.45, 2.75) is 26.7 Å². The van der Waals surface area contributed by atoms with Gasteiger partial charge < -0.3 is 4.90 Å². The lowest BCUT2D eigenvalue weighted by Crippen LogP contribution is -2.35. The van der Waals surface area contributed by atoms with Crippen LogP contribution in [0.25, 0.3) is 0 Å². The molecule has 0 aromatic carbocycles. The van der Waals surface area contributed by atoms with Gasteiger partial charge in [0.1, 0.15) is 0 Å². The fourth-order valence-corrected chi connectivity index (χ4v) is 2.38. The monoisotopic (exact) mass is 240 g/mol. The molecule has 0 N–H and O–H groups in total. The molecule has 2 rings (SSSR count). The van der Waals surface area contributed by atoms with Gasteiger partial charge in [-0.25, -0.2) is 5.06 Å². The van der Waals surface area contributed by atoms with Crippen LogP contribution in [0.5, 0.6) is 0 Å². The topological polar surface area (TPSA) is 49.9 Å². The summed E-state index contributed by atoms with van der Waals surface area (Å²) in [6, 6.07) is 0. The predicted octanol–water partition coefficient (Wildman–Crippen LogP) is 0.655. The van der Waals surface area contributed by atoms with Gasteiger partial charge in [0, 0.05) is 19.5 Å². The number of hydrogen-bond donors (Lipinski definition) is 0. The first kappa shape index (κ1) is 12.4. The molecule has 0 aromatic heterocycles. The Morgan fingerprint density at radius 1 is 1.53 bits per heavy atom. The molecule has 5 nitrogen and oxygen atoms in total. The summed E-state index contributed by atoms with van der Waals surface area (Å²) in [6.07, 6.45) is 1.23. The maximum atomic E-state index is 12.0. The number of hydroxylamine groups is 2. The fourth-order valence-electron chi connectivity index (χ4n) is 2.38. The second kappa shape index (κ2) is 5.04. The van der Waals surface area contributed by atoms with Crippen molar-refractivity contribution in [2.24, 2.45) is 11.8 Å². The molecule has 2 aliphatic rings. The zero-order chi connectivity index (χ0) is 12.4. The summed E-state index contributed by atoms with van der Waals surface area (Å²) in [4.78, 5) is 30.8. The van der Waals surface area contributed by atoms with E-state index in [1.807, 2.05) is 0 Å².